The largest absolute Gasteiger partial charge is 0.508 e. The standard InChI is InChI=1S/C28H24N2O5/c1-16(2)22-14-19(8-13-23(22)35-3)26(32)24-25(18-6-11-21(31)12-7-18)30(28(34)27(24)33)20-9-4-17(15-29)5-10-20/h4-14,16,25,31-32H,1-3H3/b26-24-. The SMILES string of the molecule is COc1ccc(/C(O)=C2/C(=O)C(=O)N(c3ccc(C#N)cc3)C2c2ccc(O)cc2)cc1C(C)C. The Morgan fingerprint density at radius 2 is 1.69 bits per heavy atom. The van der Waals surface area contributed by atoms with Gasteiger partial charge in [-0.3, -0.25) is 14.5 Å². The second kappa shape index (κ2) is 9.35. The summed E-state index contributed by atoms with van der Waals surface area (Å²) in [7, 11) is 1.56. The minimum Gasteiger partial charge on any atom is -0.508 e. The van der Waals surface area contributed by atoms with Crippen LogP contribution in [0.4, 0.5) is 5.69 Å². The number of carbonyl (C=O) groups excluding carboxylic acids is 2. The van der Waals surface area contributed by atoms with Gasteiger partial charge in [0.05, 0.1) is 30.4 Å². The first kappa shape index (κ1) is 23.6. The number of phenols is 1. The quantitative estimate of drug-likeness (QED) is 0.309. The molecule has 1 amide bonds. The smallest absolute Gasteiger partial charge is 0.300 e. The monoisotopic (exact) mass is 468 g/mol. The molecule has 1 aliphatic heterocycles. The van der Waals surface area contributed by atoms with Crippen LogP contribution in [0, 0.1) is 11.3 Å². The number of carbonyl (C=O) groups is 2. The Morgan fingerprint density at radius 1 is 1.03 bits per heavy atom. The molecule has 2 N–H and O–H groups in total. The molecule has 35 heavy (non-hydrogen) atoms. The number of anilines is 1. The molecule has 7 heteroatoms. The van der Waals surface area contributed by atoms with E-state index in [9.17, 15) is 19.8 Å². The van der Waals surface area contributed by atoms with Gasteiger partial charge in [0.1, 0.15) is 17.3 Å². The Kier molecular flexibility index (Phi) is 6.30. The van der Waals surface area contributed by atoms with Crippen LogP contribution in [0.1, 0.15) is 48.1 Å². The zero-order valence-corrected chi connectivity index (χ0v) is 19.5. The second-order valence-electron chi connectivity index (χ2n) is 8.53. The Morgan fingerprint density at radius 3 is 2.26 bits per heavy atom. The summed E-state index contributed by atoms with van der Waals surface area (Å²) in [6.07, 6.45) is 0. The molecule has 0 aliphatic carbocycles. The van der Waals surface area contributed by atoms with E-state index in [1.54, 1.807) is 61.7 Å². The number of Topliss-reactive ketones (excluding diaryl/α,β-unsaturated/α-hetero) is 1. The minimum atomic E-state index is -0.937. The summed E-state index contributed by atoms with van der Waals surface area (Å²) < 4.78 is 5.43. The van der Waals surface area contributed by atoms with Crippen molar-refractivity contribution in [3.05, 3.63) is 94.6 Å². The summed E-state index contributed by atoms with van der Waals surface area (Å²) in [6, 6.07) is 18.6. The van der Waals surface area contributed by atoms with Crippen LogP contribution >= 0.6 is 0 Å². The van der Waals surface area contributed by atoms with Crippen LogP contribution in [-0.4, -0.2) is 29.0 Å². The summed E-state index contributed by atoms with van der Waals surface area (Å²) in [5.41, 5.74) is 2.51. The van der Waals surface area contributed by atoms with Crippen molar-refractivity contribution in [3.63, 3.8) is 0 Å². The Hall–Kier alpha value is -4.57. The van der Waals surface area contributed by atoms with E-state index in [0.717, 1.165) is 5.56 Å². The van der Waals surface area contributed by atoms with Gasteiger partial charge >= 0.3 is 0 Å². The van der Waals surface area contributed by atoms with Crippen molar-refractivity contribution in [1.82, 2.24) is 0 Å². The number of aliphatic hydroxyl groups excluding tert-OH is 1. The van der Waals surface area contributed by atoms with E-state index in [1.807, 2.05) is 19.9 Å². The first-order valence-corrected chi connectivity index (χ1v) is 11.0. The third-order valence-electron chi connectivity index (χ3n) is 6.05. The van der Waals surface area contributed by atoms with Gasteiger partial charge in [0.2, 0.25) is 0 Å². The van der Waals surface area contributed by atoms with Gasteiger partial charge in [-0.1, -0.05) is 26.0 Å². The molecule has 0 spiro atoms. The molecule has 1 saturated heterocycles. The van der Waals surface area contributed by atoms with Crippen molar-refractivity contribution < 1.29 is 24.5 Å². The zero-order valence-electron chi connectivity index (χ0n) is 19.5. The number of hydrogen-bond donors (Lipinski definition) is 2. The van der Waals surface area contributed by atoms with Crippen LogP contribution < -0.4 is 9.64 Å². The molecule has 4 rings (SSSR count). The molecule has 0 saturated carbocycles. The van der Waals surface area contributed by atoms with Crippen LogP contribution in [0.3, 0.4) is 0 Å². The van der Waals surface area contributed by atoms with Crippen LogP contribution in [0.5, 0.6) is 11.5 Å². The van der Waals surface area contributed by atoms with Gasteiger partial charge < -0.3 is 14.9 Å². The van der Waals surface area contributed by atoms with E-state index < -0.39 is 17.7 Å². The third-order valence-corrected chi connectivity index (χ3v) is 6.05. The van der Waals surface area contributed by atoms with Crippen molar-refractivity contribution in [1.29, 1.82) is 5.26 Å². The summed E-state index contributed by atoms with van der Waals surface area (Å²) in [4.78, 5) is 27.8. The lowest BCUT2D eigenvalue weighted by atomic mass is 9.93. The number of methoxy groups -OCH3 is 1. The molecule has 0 aromatic heterocycles. The molecular weight excluding hydrogens is 444 g/mol. The summed E-state index contributed by atoms with van der Waals surface area (Å²) in [5.74, 6) is -1.15. The lowest BCUT2D eigenvalue weighted by Gasteiger charge is -2.25. The first-order valence-electron chi connectivity index (χ1n) is 11.0. The fourth-order valence-corrected chi connectivity index (χ4v) is 4.26. The van der Waals surface area contributed by atoms with Crippen molar-refractivity contribution in [2.45, 2.75) is 25.8 Å². The summed E-state index contributed by atoms with van der Waals surface area (Å²) >= 11 is 0. The predicted molar refractivity (Wildman–Crippen MR) is 131 cm³/mol. The Bertz CT molecular complexity index is 1370. The molecule has 1 atom stereocenters. The highest BCUT2D eigenvalue weighted by Crippen LogP contribution is 2.43. The molecule has 1 heterocycles. The number of aromatic hydroxyl groups is 1. The predicted octanol–water partition coefficient (Wildman–Crippen LogP) is 5.02. The van der Waals surface area contributed by atoms with Crippen LogP contribution in [0.15, 0.2) is 72.3 Å². The topological polar surface area (TPSA) is 111 Å². The maximum Gasteiger partial charge on any atom is 0.300 e. The summed E-state index contributed by atoms with van der Waals surface area (Å²) in [5, 5.41) is 30.3. The fraction of sp³-hybridized carbons (Fsp3) is 0.179. The minimum absolute atomic E-state index is 0.0285. The molecule has 1 fully saturated rings. The van der Waals surface area contributed by atoms with E-state index in [4.69, 9.17) is 10.00 Å². The fourth-order valence-electron chi connectivity index (χ4n) is 4.26. The number of rotatable bonds is 5. The lowest BCUT2D eigenvalue weighted by molar-refractivity contribution is -0.132. The van der Waals surface area contributed by atoms with Crippen molar-refractivity contribution in [2.24, 2.45) is 0 Å². The number of hydrogen-bond acceptors (Lipinski definition) is 6. The Balaban J connectivity index is 1.93. The van der Waals surface area contributed by atoms with Crippen molar-refractivity contribution in [2.75, 3.05) is 12.0 Å². The number of ketones is 1. The number of amides is 1. The molecular formula is C28H24N2O5. The number of nitrogens with zero attached hydrogens (tertiary/aromatic N) is 2. The molecule has 3 aromatic rings. The number of nitriles is 1. The Labute approximate surface area is 203 Å². The van der Waals surface area contributed by atoms with Crippen LogP contribution in [0.25, 0.3) is 5.76 Å². The van der Waals surface area contributed by atoms with Crippen LogP contribution in [-0.2, 0) is 9.59 Å². The first-order chi connectivity index (χ1) is 16.8. The molecule has 176 valence electrons. The van der Waals surface area contributed by atoms with Crippen LogP contribution in [0.2, 0.25) is 0 Å². The van der Waals surface area contributed by atoms with Gasteiger partial charge in [0, 0.05) is 11.3 Å². The molecule has 0 bridgehead atoms. The molecule has 3 aromatic carbocycles. The van der Waals surface area contributed by atoms with E-state index in [0.29, 0.717) is 28.1 Å². The maximum atomic E-state index is 13.3. The lowest BCUT2D eigenvalue weighted by Crippen LogP contribution is -2.29. The van der Waals surface area contributed by atoms with E-state index in [1.165, 1.54) is 17.0 Å². The average Bonchev–Trinajstić information content (AvgIpc) is 3.13. The van der Waals surface area contributed by atoms with Gasteiger partial charge in [-0.2, -0.15) is 5.26 Å². The van der Waals surface area contributed by atoms with Crippen molar-refractivity contribution >= 4 is 23.1 Å². The van der Waals surface area contributed by atoms with E-state index in [2.05, 4.69) is 0 Å². The normalized spacial score (nSPS) is 17.0. The molecule has 1 unspecified atom stereocenters. The van der Waals surface area contributed by atoms with E-state index >= 15 is 0 Å². The summed E-state index contributed by atoms with van der Waals surface area (Å²) in [6.45, 7) is 3.98. The van der Waals surface area contributed by atoms with Gasteiger partial charge in [-0.05, 0) is 71.6 Å². The highest BCUT2D eigenvalue weighted by Gasteiger charge is 2.47. The van der Waals surface area contributed by atoms with Gasteiger partial charge in [-0.15, -0.1) is 0 Å². The molecule has 7 nitrogen and oxygen atoms in total. The number of aliphatic hydroxyl groups is 1. The average molecular weight is 469 g/mol. The highest BCUT2D eigenvalue weighted by molar-refractivity contribution is 6.51. The van der Waals surface area contributed by atoms with Gasteiger partial charge in [-0.25, -0.2) is 0 Å². The molecule has 0 radical (unpaired) electrons. The third kappa shape index (κ3) is 4.22. The maximum absolute atomic E-state index is 13.3. The number of phenolic OH excluding ortho intramolecular Hbond substituents is 1. The zero-order chi connectivity index (χ0) is 25.3. The number of benzene rings is 3. The van der Waals surface area contributed by atoms with E-state index in [-0.39, 0.29) is 23.0 Å². The van der Waals surface area contributed by atoms with Gasteiger partial charge in [0.25, 0.3) is 11.7 Å². The second-order valence-corrected chi connectivity index (χ2v) is 8.53. The molecule has 1 aliphatic rings. The number of ether oxygens (including phenoxy) is 1. The van der Waals surface area contributed by atoms with Gasteiger partial charge in [0.15, 0.2) is 0 Å². The van der Waals surface area contributed by atoms with Crippen molar-refractivity contribution in [3.8, 4) is 17.6 Å². The highest BCUT2D eigenvalue weighted by atomic mass is 16.5.